The summed E-state index contributed by atoms with van der Waals surface area (Å²) < 4.78 is 13.6. The molecule has 0 unspecified atom stereocenters. The number of nitrogens with one attached hydrogen (secondary N) is 2. The molecule has 0 aliphatic heterocycles. The van der Waals surface area contributed by atoms with Crippen LogP contribution in [0.3, 0.4) is 0 Å². The van der Waals surface area contributed by atoms with Crippen molar-refractivity contribution in [2.24, 2.45) is 5.18 Å². The number of hydrogen-bond donors (Lipinski definition) is 3. The van der Waals surface area contributed by atoms with Gasteiger partial charge in [-0.3, -0.25) is 0 Å². The Hall–Kier alpha value is -2.80. The number of para-hydroxylation sites is 1. The van der Waals surface area contributed by atoms with Crippen molar-refractivity contribution in [3.63, 3.8) is 0 Å². The molecule has 0 fully saturated rings. The standard InChI is InChI=1S/C15H14FN3O3/c16-12-6-5-11(19-22)9-14(12)18-15(21)17-13-4-2-1-3-10(13)7-8-20/h1-6,9,20H,7-8H2,(H2,17,18,21). The molecular weight excluding hydrogens is 289 g/mol. The van der Waals surface area contributed by atoms with Crippen molar-refractivity contribution in [1.29, 1.82) is 0 Å². The van der Waals surface area contributed by atoms with E-state index < -0.39 is 11.8 Å². The SMILES string of the molecule is O=Nc1ccc(F)c(NC(=O)Nc2ccccc2CCO)c1. The smallest absolute Gasteiger partial charge is 0.323 e. The number of amides is 2. The molecule has 0 radical (unpaired) electrons. The van der Waals surface area contributed by atoms with Crippen LogP contribution in [0.25, 0.3) is 0 Å². The van der Waals surface area contributed by atoms with Gasteiger partial charge in [0.05, 0.1) is 5.69 Å². The first-order chi connectivity index (χ1) is 10.6. The van der Waals surface area contributed by atoms with E-state index in [1.807, 2.05) is 0 Å². The predicted octanol–water partition coefficient (Wildman–Crippen LogP) is 3.40. The van der Waals surface area contributed by atoms with Crippen LogP contribution in [0.2, 0.25) is 0 Å². The lowest BCUT2D eigenvalue weighted by Gasteiger charge is -2.12. The average Bonchev–Trinajstić information content (AvgIpc) is 2.51. The molecule has 0 aromatic heterocycles. The van der Waals surface area contributed by atoms with E-state index in [4.69, 9.17) is 5.11 Å². The molecule has 0 aliphatic rings. The number of nitrogens with zero attached hydrogens (tertiary/aromatic N) is 1. The zero-order valence-electron chi connectivity index (χ0n) is 11.5. The summed E-state index contributed by atoms with van der Waals surface area (Å²) in [6.45, 7) is -0.0536. The summed E-state index contributed by atoms with van der Waals surface area (Å²) in [5.41, 5.74) is 1.13. The zero-order valence-corrected chi connectivity index (χ0v) is 11.5. The fraction of sp³-hybridized carbons (Fsp3) is 0.133. The highest BCUT2D eigenvalue weighted by atomic mass is 19.1. The number of halogens is 1. The maximum Gasteiger partial charge on any atom is 0.323 e. The van der Waals surface area contributed by atoms with E-state index in [0.29, 0.717) is 12.1 Å². The normalized spacial score (nSPS) is 10.1. The minimum Gasteiger partial charge on any atom is -0.396 e. The summed E-state index contributed by atoms with van der Waals surface area (Å²) >= 11 is 0. The first kappa shape index (κ1) is 15.6. The van der Waals surface area contributed by atoms with Crippen LogP contribution < -0.4 is 10.6 Å². The summed E-state index contributed by atoms with van der Waals surface area (Å²) in [6, 6.07) is 9.69. The summed E-state index contributed by atoms with van der Waals surface area (Å²) in [7, 11) is 0. The van der Waals surface area contributed by atoms with Gasteiger partial charge in [-0.1, -0.05) is 18.2 Å². The van der Waals surface area contributed by atoms with Crippen LogP contribution in [0, 0.1) is 10.7 Å². The van der Waals surface area contributed by atoms with Gasteiger partial charge in [0, 0.05) is 12.3 Å². The Labute approximate surface area is 125 Å². The predicted molar refractivity (Wildman–Crippen MR) is 81.7 cm³/mol. The van der Waals surface area contributed by atoms with E-state index in [9.17, 15) is 14.1 Å². The molecule has 0 heterocycles. The van der Waals surface area contributed by atoms with Crippen LogP contribution in [-0.4, -0.2) is 17.7 Å². The summed E-state index contributed by atoms with van der Waals surface area (Å²) in [4.78, 5) is 22.4. The molecule has 2 amide bonds. The molecule has 0 spiro atoms. The number of nitroso groups, excluding NO2 is 1. The van der Waals surface area contributed by atoms with Crippen LogP contribution in [0.4, 0.5) is 26.2 Å². The Balaban J connectivity index is 2.12. The molecule has 0 atom stereocenters. The third-order valence-electron chi connectivity index (χ3n) is 2.95. The van der Waals surface area contributed by atoms with Crippen molar-refractivity contribution < 1.29 is 14.3 Å². The number of urea groups is 1. The number of carbonyl (C=O) groups is 1. The van der Waals surface area contributed by atoms with Gasteiger partial charge in [-0.25, -0.2) is 9.18 Å². The fourth-order valence-electron chi connectivity index (χ4n) is 1.92. The maximum atomic E-state index is 13.6. The Kier molecular flexibility index (Phi) is 5.16. The third-order valence-corrected chi connectivity index (χ3v) is 2.95. The van der Waals surface area contributed by atoms with E-state index >= 15 is 0 Å². The number of rotatable bonds is 5. The molecule has 6 nitrogen and oxygen atoms in total. The highest BCUT2D eigenvalue weighted by Gasteiger charge is 2.10. The number of carbonyl (C=O) groups excluding carboxylic acids is 1. The van der Waals surface area contributed by atoms with Crippen LogP contribution >= 0.6 is 0 Å². The van der Waals surface area contributed by atoms with Gasteiger partial charge < -0.3 is 15.7 Å². The Morgan fingerprint density at radius 1 is 1.14 bits per heavy atom. The van der Waals surface area contributed by atoms with Crippen LogP contribution in [0.15, 0.2) is 47.6 Å². The first-order valence-corrected chi connectivity index (χ1v) is 6.53. The van der Waals surface area contributed by atoms with E-state index in [2.05, 4.69) is 15.8 Å². The average molecular weight is 303 g/mol. The second-order valence-electron chi connectivity index (χ2n) is 4.47. The van der Waals surface area contributed by atoms with Crippen molar-refractivity contribution in [2.75, 3.05) is 17.2 Å². The van der Waals surface area contributed by atoms with Gasteiger partial charge in [-0.2, -0.15) is 0 Å². The van der Waals surface area contributed by atoms with Gasteiger partial charge in [0.15, 0.2) is 0 Å². The summed E-state index contributed by atoms with van der Waals surface area (Å²) in [5.74, 6) is -0.675. The molecule has 2 rings (SSSR count). The lowest BCUT2D eigenvalue weighted by atomic mass is 10.1. The highest BCUT2D eigenvalue weighted by molar-refractivity contribution is 6.00. The molecule has 0 saturated heterocycles. The number of benzene rings is 2. The Morgan fingerprint density at radius 2 is 1.86 bits per heavy atom. The minimum atomic E-state index is -0.675. The lowest BCUT2D eigenvalue weighted by molar-refractivity contribution is 0.262. The molecule has 0 aliphatic carbocycles. The van der Waals surface area contributed by atoms with Gasteiger partial charge in [-0.05, 0) is 41.4 Å². The van der Waals surface area contributed by atoms with Crippen molar-refractivity contribution in [3.8, 4) is 0 Å². The number of hydrogen-bond acceptors (Lipinski definition) is 4. The van der Waals surface area contributed by atoms with Gasteiger partial charge in [-0.15, -0.1) is 4.91 Å². The number of aliphatic hydroxyl groups excluding tert-OH is 1. The van der Waals surface area contributed by atoms with E-state index in [0.717, 1.165) is 17.7 Å². The third kappa shape index (κ3) is 3.86. The van der Waals surface area contributed by atoms with Crippen molar-refractivity contribution in [1.82, 2.24) is 0 Å². The Bertz CT molecular complexity index is 691. The van der Waals surface area contributed by atoms with Crippen molar-refractivity contribution >= 4 is 23.1 Å². The molecule has 2 aromatic carbocycles. The zero-order chi connectivity index (χ0) is 15.9. The van der Waals surface area contributed by atoms with Crippen molar-refractivity contribution in [3.05, 3.63) is 58.8 Å². The molecule has 114 valence electrons. The molecule has 22 heavy (non-hydrogen) atoms. The van der Waals surface area contributed by atoms with E-state index in [1.165, 1.54) is 6.07 Å². The first-order valence-electron chi connectivity index (χ1n) is 6.53. The topological polar surface area (TPSA) is 90.8 Å². The van der Waals surface area contributed by atoms with Crippen LogP contribution in [0.1, 0.15) is 5.56 Å². The largest absolute Gasteiger partial charge is 0.396 e. The Morgan fingerprint density at radius 3 is 2.59 bits per heavy atom. The number of anilines is 2. The second kappa shape index (κ2) is 7.28. The fourth-order valence-corrected chi connectivity index (χ4v) is 1.92. The second-order valence-corrected chi connectivity index (χ2v) is 4.47. The lowest BCUT2D eigenvalue weighted by Crippen LogP contribution is -2.21. The summed E-state index contributed by atoms with van der Waals surface area (Å²) in [6.07, 6.45) is 0.384. The molecular formula is C15H14FN3O3. The van der Waals surface area contributed by atoms with E-state index in [-0.39, 0.29) is 18.0 Å². The molecule has 0 bridgehead atoms. The van der Waals surface area contributed by atoms with E-state index in [1.54, 1.807) is 24.3 Å². The monoisotopic (exact) mass is 303 g/mol. The van der Waals surface area contributed by atoms with Gasteiger partial charge in [0.2, 0.25) is 0 Å². The molecule has 2 aromatic rings. The van der Waals surface area contributed by atoms with Crippen LogP contribution in [0.5, 0.6) is 0 Å². The quantitative estimate of drug-likeness (QED) is 0.739. The van der Waals surface area contributed by atoms with Crippen LogP contribution in [-0.2, 0) is 6.42 Å². The minimum absolute atomic E-state index is 0.0115. The summed E-state index contributed by atoms with van der Waals surface area (Å²) in [5, 5.41) is 16.6. The number of aliphatic hydroxyl groups is 1. The maximum absolute atomic E-state index is 13.6. The van der Waals surface area contributed by atoms with Gasteiger partial charge in [0.25, 0.3) is 0 Å². The van der Waals surface area contributed by atoms with Crippen molar-refractivity contribution in [2.45, 2.75) is 6.42 Å². The molecule has 0 saturated carbocycles. The molecule has 7 heteroatoms. The van der Waals surface area contributed by atoms with Gasteiger partial charge >= 0.3 is 6.03 Å². The molecule has 3 N–H and O–H groups in total. The van der Waals surface area contributed by atoms with Gasteiger partial charge in [0.1, 0.15) is 11.5 Å². The highest BCUT2D eigenvalue weighted by Crippen LogP contribution is 2.22.